The summed E-state index contributed by atoms with van der Waals surface area (Å²) in [6, 6.07) is 2.17. The summed E-state index contributed by atoms with van der Waals surface area (Å²) >= 11 is 0. The van der Waals surface area contributed by atoms with E-state index in [1.54, 1.807) is 6.92 Å². The van der Waals surface area contributed by atoms with Gasteiger partial charge in [-0.2, -0.15) is 17.6 Å². The third kappa shape index (κ3) is 2.45. The van der Waals surface area contributed by atoms with Crippen molar-refractivity contribution in [3.05, 3.63) is 29.3 Å². The zero-order valence-corrected chi connectivity index (χ0v) is 9.90. The molecule has 1 heterocycles. The highest BCUT2D eigenvalue weighted by Crippen LogP contribution is 2.33. The van der Waals surface area contributed by atoms with Gasteiger partial charge in [0.2, 0.25) is 0 Å². The van der Waals surface area contributed by atoms with Gasteiger partial charge in [0.05, 0.1) is 5.69 Å². The van der Waals surface area contributed by atoms with Crippen molar-refractivity contribution in [3.8, 4) is 0 Å². The lowest BCUT2D eigenvalue weighted by Gasteiger charge is -2.05. The van der Waals surface area contributed by atoms with Crippen molar-refractivity contribution in [2.24, 2.45) is 4.99 Å². The predicted molar refractivity (Wildman–Crippen MR) is 59.9 cm³/mol. The van der Waals surface area contributed by atoms with Crippen molar-refractivity contribution in [1.29, 1.82) is 0 Å². The largest absolute Gasteiger partial charge is 0.461 e. The maximum Gasteiger partial charge on any atom is 0.461 e. The predicted octanol–water partition coefficient (Wildman–Crippen LogP) is 4.75. The number of benzene rings is 1. The highest BCUT2D eigenvalue weighted by molar-refractivity contribution is 5.90. The Labute approximate surface area is 104 Å². The van der Waals surface area contributed by atoms with Gasteiger partial charge in [0.1, 0.15) is 5.76 Å². The minimum Gasteiger partial charge on any atom is -0.458 e. The summed E-state index contributed by atoms with van der Waals surface area (Å²) in [6.45, 7) is 2.98. The van der Waals surface area contributed by atoms with Crippen LogP contribution in [0, 0.1) is 19.7 Å². The first-order chi connectivity index (χ1) is 8.70. The Hall–Kier alpha value is -1.92. The minimum absolute atomic E-state index is 0.0821. The van der Waals surface area contributed by atoms with Gasteiger partial charge in [-0.1, -0.05) is 0 Å². The van der Waals surface area contributed by atoms with Crippen LogP contribution in [0.2, 0.25) is 0 Å². The third-order valence-electron chi connectivity index (χ3n) is 2.58. The standard InChI is InChI=1S/C12H8F5NO/c1-5-3-7-6(2)9(4-8(13)10(7)19-5)18-11(14)12(15,16)17/h3-4H,1-2H3. The molecule has 0 saturated carbocycles. The second-order valence-corrected chi connectivity index (χ2v) is 4.00. The molecule has 0 N–H and O–H groups in total. The maximum atomic E-state index is 13.6. The summed E-state index contributed by atoms with van der Waals surface area (Å²) in [4.78, 5) is 2.79. The number of aliphatic imine (C=N–C) groups is 1. The fraction of sp³-hybridized carbons (Fsp3) is 0.250. The summed E-state index contributed by atoms with van der Waals surface area (Å²) in [5.74, 6) is -3.01. The average molecular weight is 277 g/mol. The van der Waals surface area contributed by atoms with Gasteiger partial charge >= 0.3 is 6.18 Å². The zero-order chi connectivity index (χ0) is 14.4. The molecule has 0 unspecified atom stereocenters. The van der Waals surface area contributed by atoms with Crippen LogP contribution in [0.4, 0.5) is 27.6 Å². The van der Waals surface area contributed by atoms with Gasteiger partial charge in [-0.3, -0.25) is 0 Å². The molecular formula is C12H8F5NO. The van der Waals surface area contributed by atoms with Gasteiger partial charge < -0.3 is 4.42 Å². The molecular weight excluding hydrogens is 269 g/mol. The van der Waals surface area contributed by atoms with Crippen molar-refractivity contribution in [2.75, 3.05) is 0 Å². The number of aryl methyl sites for hydroxylation is 2. The van der Waals surface area contributed by atoms with Crippen LogP contribution in [-0.2, 0) is 0 Å². The molecule has 2 rings (SSSR count). The van der Waals surface area contributed by atoms with Crippen LogP contribution in [0.25, 0.3) is 11.0 Å². The molecule has 0 aliphatic rings. The van der Waals surface area contributed by atoms with Crippen LogP contribution >= 0.6 is 0 Å². The Morgan fingerprint density at radius 3 is 2.42 bits per heavy atom. The number of hydrogen-bond donors (Lipinski definition) is 0. The number of rotatable bonds is 1. The molecule has 7 heteroatoms. The van der Waals surface area contributed by atoms with E-state index in [4.69, 9.17) is 4.42 Å². The number of furan rings is 1. The third-order valence-corrected chi connectivity index (χ3v) is 2.58. The highest BCUT2D eigenvalue weighted by atomic mass is 19.4. The summed E-state index contributed by atoms with van der Waals surface area (Å²) < 4.78 is 67.7. The van der Waals surface area contributed by atoms with Gasteiger partial charge in [0.15, 0.2) is 11.4 Å². The number of fused-ring (bicyclic) bond motifs is 1. The van der Waals surface area contributed by atoms with E-state index in [-0.39, 0.29) is 16.5 Å². The molecule has 2 aromatic rings. The first-order valence-electron chi connectivity index (χ1n) is 5.21. The molecule has 0 atom stereocenters. The van der Waals surface area contributed by atoms with Crippen LogP contribution < -0.4 is 0 Å². The lowest BCUT2D eigenvalue weighted by atomic mass is 10.1. The number of alkyl halides is 3. The van der Waals surface area contributed by atoms with E-state index in [0.29, 0.717) is 11.8 Å². The van der Waals surface area contributed by atoms with Gasteiger partial charge in [-0.25, -0.2) is 9.38 Å². The molecule has 1 aromatic carbocycles. The van der Waals surface area contributed by atoms with Crippen LogP contribution in [-0.4, -0.2) is 12.1 Å². The van der Waals surface area contributed by atoms with Crippen LogP contribution in [0.1, 0.15) is 11.3 Å². The smallest absolute Gasteiger partial charge is 0.458 e. The van der Waals surface area contributed by atoms with Crippen LogP contribution in [0.15, 0.2) is 21.5 Å². The Balaban J connectivity index is 2.66. The topological polar surface area (TPSA) is 25.5 Å². The monoisotopic (exact) mass is 277 g/mol. The van der Waals surface area contributed by atoms with Crippen molar-refractivity contribution < 1.29 is 26.4 Å². The van der Waals surface area contributed by atoms with Crippen molar-refractivity contribution in [2.45, 2.75) is 20.0 Å². The maximum absolute atomic E-state index is 13.6. The fourth-order valence-electron chi connectivity index (χ4n) is 1.69. The second kappa shape index (κ2) is 4.32. The average Bonchev–Trinajstić information content (AvgIpc) is 2.67. The molecule has 0 bridgehead atoms. The minimum atomic E-state index is -5.19. The molecule has 102 valence electrons. The summed E-state index contributed by atoms with van der Waals surface area (Å²) in [7, 11) is 0. The van der Waals surface area contributed by atoms with E-state index in [0.717, 1.165) is 0 Å². The van der Waals surface area contributed by atoms with E-state index in [9.17, 15) is 22.0 Å². The van der Waals surface area contributed by atoms with E-state index in [2.05, 4.69) is 4.99 Å². The number of hydrogen-bond acceptors (Lipinski definition) is 2. The molecule has 0 amide bonds. The Kier molecular flexibility index (Phi) is 3.07. The Bertz CT molecular complexity index is 669. The molecule has 2 nitrogen and oxygen atoms in total. The van der Waals surface area contributed by atoms with E-state index >= 15 is 0 Å². The van der Waals surface area contributed by atoms with Gasteiger partial charge in [-0.15, -0.1) is 0 Å². The summed E-state index contributed by atoms with van der Waals surface area (Å²) in [5.41, 5.74) is -0.283. The second-order valence-electron chi connectivity index (χ2n) is 4.00. The quantitative estimate of drug-likeness (QED) is 0.545. The summed E-state index contributed by atoms with van der Waals surface area (Å²) in [6.07, 6.45) is -5.19. The van der Waals surface area contributed by atoms with E-state index in [1.165, 1.54) is 13.0 Å². The first kappa shape index (κ1) is 13.5. The first-order valence-corrected chi connectivity index (χ1v) is 5.21. The van der Waals surface area contributed by atoms with Gasteiger partial charge in [0.25, 0.3) is 5.97 Å². The highest BCUT2D eigenvalue weighted by Gasteiger charge is 2.37. The molecule has 0 aliphatic heterocycles. The van der Waals surface area contributed by atoms with Crippen LogP contribution in [0.3, 0.4) is 0 Å². The van der Waals surface area contributed by atoms with Gasteiger partial charge in [0, 0.05) is 11.5 Å². The summed E-state index contributed by atoms with van der Waals surface area (Å²) in [5, 5.41) is 0.270. The molecule has 0 spiro atoms. The normalized spacial score (nSPS) is 13.3. The Morgan fingerprint density at radius 1 is 1.21 bits per heavy atom. The SMILES string of the molecule is Cc1cc2c(C)c(N=C(F)C(F)(F)F)cc(F)c2o1. The van der Waals surface area contributed by atoms with Crippen molar-refractivity contribution in [3.63, 3.8) is 0 Å². The van der Waals surface area contributed by atoms with Crippen molar-refractivity contribution >= 4 is 22.6 Å². The lowest BCUT2D eigenvalue weighted by Crippen LogP contribution is -2.17. The lowest BCUT2D eigenvalue weighted by molar-refractivity contribution is -0.0672. The zero-order valence-electron chi connectivity index (χ0n) is 9.90. The van der Waals surface area contributed by atoms with E-state index < -0.39 is 23.6 Å². The van der Waals surface area contributed by atoms with Crippen molar-refractivity contribution in [1.82, 2.24) is 0 Å². The molecule has 19 heavy (non-hydrogen) atoms. The number of halogens is 5. The molecule has 0 radical (unpaired) electrons. The molecule has 0 fully saturated rings. The van der Waals surface area contributed by atoms with Crippen LogP contribution in [0.5, 0.6) is 0 Å². The Morgan fingerprint density at radius 2 is 1.84 bits per heavy atom. The molecule has 0 aliphatic carbocycles. The molecule has 0 saturated heterocycles. The van der Waals surface area contributed by atoms with Gasteiger partial charge in [-0.05, 0) is 25.5 Å². The van der Waals surface area contributed by atoms with E-state index in [1.807, 2.05) is 0 Å². The molecule has 1 aromatic heterocycles. The fourth-order valence-corrected chi connectivity index (χ4v) is 1.69. The number of nitrogens with zero attached hydrogens (tertiary/aromatic N) is 1.